The van der Waals surface area contributed by atoms with Crippen LogP contribution in [0.2, 0.25) is 0 Å². The van der Waals surface area contributed by atoms with E-state index in [2.05, 4.69) is 261 Å². The monoisotopic (exact) mass is 1080 g/mol. The summed E-state index contributed by atoms with van der Waals surface area (Å²) in [6, 6.07) is 74.1. The Bertz CT molecular complexity index is 3280. The molecule has 10 aromatic rings. The van der Waals surface area contributed by atoms with Gasteiger partial charge in [-0.3, -0.25) is 15.0 Å². The van der Waals surface area contributed by atoms with Crippen LogP contribution in [0.5, 0.6) is 0 Å². The van der Waals surface area contributed by atoms with E-state index < -0.39 is 0 Å². The second-order valence-corrected chi connectivity index (χ2v) is 20.7. The van der Waals surface area contributed by atoms with Crippen molar-refractivity contribution in [1.29, 1.82) is 0 Å². The molecule has 0 saturated heterocycles. The number of pyridine rings is 3. The summed E-state index contributed by atoms with van der Waals surface area (Å²) in [6.45, 7) is 0. The molecule has 3 nitrogen and oxygen atoms in total. The third-order valence-corrected chi connectivity index (χ3v) is 15.2. The van der Waals surface area contributed by atoms with Gasteiger partial charge in [-0.2, -0.15) is 0 Å². The van der Waals surface area contributed by atoms with Crippen molar-refractivity contribution in [2.75, 3.05) is 0 Å². The summed E-state index contributed by atoms with van der Waals surface area (Å²) in [7, 11) is 0. The quantitative estimate of drug-likeness (QED) is 0.137. The van der Waals surface area contributed by atoms with E-state index in [0.717, 1.165) is 83.1 Å². The highest BCUT2D eigenvalue weighted by Gasteiger charge is 2.35. The van der Waals surface area contributed by atoms with E-state index in [-0.39, 0.29) is 17.8 Å². The molecule has 3 heterocycles. The molecule has 0 amide bonds. The van der Waals surface area contributed by atoms with Gasteiger partial charge < -0.3 is 0 Å². The van der Waals surface area contributed by atoms with Gasteiger partial charge in [0.2, 0.25) is 0 Å². The van der Waals surface area contributed by atoms with Gasteiger partial charge in [-0.15, -0.1) is 0 Å². The molecular weight excluding hydrogens is 1040 g/mol. The van der Waals surface area contributed by atoms with Gasteiger partial charge in [0.15, 0.2) is 0 Å². The zero-order valence-electron chi connectivity index (χ0n) is 37.7. The van der Waals surface area contributed by atoms with Crippen molar-refractivity contribution in [3.8, 4) is 78.3 Å². The smallest absolute Gasteiger partial charge is 0.0709 e. The molecule has 6 heteroatoms. The molecule has 2 atom stereocenters. The van der Waals surface area contributed by atoms with Crippen molar-refractivity contribution in [2.45, 2.75) is 37.0 Å². The van der Waals surface area contributed by atoms with Crippen LogP contribution in [0.1, 0.15) is 53.7 Å². The lowest BCUT2D eigenvalue weighted by molar-refractivity contribution is 0.353. The van der Waals surface area contributed by atoms with E-state index in [4.69, 9.17) is 15.0 Å². The molecule has 1 fully saturated rings. The van der Waals surface area contributed by atoms with Gasteiger partial charge in [0, 0.05) is 65.4 Å². The zero-order valence-corrected chi connectivity index (χ0v) is 42.4. The van der Waals surface area contributed by atoms with E-state index in [1.165, 1.54) is 44.5 Å². The molecule has 0 bridgehead atoms. The summed E-state index contributed by atoms with van der Waals surface area (Å²) >= 11 is 11.0. The summed E-state index contributed by atoms with van der Waals surface area (Å²) in [5, 5.41) is 0. The van der Waals surface area contributed by atoms with Crippen LogP contribution in [-0.2, 0) is 0 Å². The fourth-order valence-electron chi connectivity index (χ4n) is 10.5. The third-order valence-electron chi connectivity index (χ3n) is 13.7. The number of aromatic nitrogens is 3. The first-order chi connectivity index (χ1) is 33.9. The number of hydrogen-bond donors (Lipinski definition) is 0. The Morgan fingerprint density at radius 2 is 0.667 bits per heavy atom. The highest BCUT2D eigenvalue weighted by atomic mass is 79.9. The summed E-state index contributed by atoms with van der Waals surface area (Å²) in [4.78, 5) is 15.2. The third kappa shape index (κ3) is 9.72. The first-order valence-electron chi connectivity index (χ1n) is 23.4. The van der Waals surface area contributed by atoms with E-state index in [0.29, 0.717) is 0 Å². The lowest BCUT2D eigenvalue weighted by Crippen LogP contribution is -2.21. The van der Waals surface area contributed by atoms with Crippen LogP contribution in [-0.4, -0.2) is 15.0 Å². The fraction of sp³-hybridized carbons (Fsp3) is 0.0952. The second-order valence-electron chi connectivity index (χ2n) is 17.9. The Hall–Kier alpha value is -6.57. The lowest BCUT2D eigenvalue weighted by Gasteiger charge is -2.38. The number of hydrogen-bond acceptors (Lipinski definition) is 3. The molecule has 69 heavy (non-hydrogen) atoms. The van der Waals surface area contributed by atoms with Crippen LogP contribution < -0.4 is 0 Å². The standard InChI is InChI=1S/C63H46Br3N3/c64-50-18-10-15-42(34-50)61-29-27-45(38-67-61)53-21-4-6-23-55(53)47-31-48(56-24-7-5-22-54(56)46-28-30-62(68-39-46)43-16-11-19-51(65)35-43)33-49(32-47)57-25-8-9-26-58(57)60-40-69-63(44-17-12-20-52(66)36-44)37-59(60)41-13-2-1-3-14-41/h1-30,34-40,47-49H,31-33H2. The molecule has 334 valence electrons. The van der Waals surface area contributed by atoms with Gasteiger partial charge >= 0.3 is 0 Å². The highest BCUT2D eigenvalue weighted by molar-refractivity contribution is 9.11. The highest BCUT2D eigenvalue weighted by Crippen LogP contribution is 2.53. The van der Waals surface area contributed by atoms with Crippen LogP contribution in [0.25, 0.3) is 78.3 Å². The molecule has 0 aliphatic heterocycles. The normalized spacial score (nSPS) is 15.7. The van der Waals surface area contributed by atoms with Crippen LogP contribution >= 0.6 is 47.8 Å². The molecule has 3 aromatic heterocycles. The van der Waals surface area contributed by atoms with Gasteiger partial charge in [0.25, 0.3) is 0 Å². The Morgan fingerprint density at radius 3 is 1.12 bits per heavy atom. The Morgan fingerprint density at radius 1 is 0.275 bits per heavy atom. The van der Waals surface area contributed by atoms with Gasteiger partial charge in [0.1, 0.15) is 0 Å². The molecule has 2 unspecified atom stereocenters. The second kappa shape index (κ2) is 20.2. The van der Waals surface area contributed by atoms with Crippen molar-refractivity contribution in [2.24, 2.45) is 0 Å². The van der Waals surface area contributed by atoms with Gasteiger partial charge in [-0.25, -0.2) is 0 Å². The maximum absolute atomic E-state index is 5.18. The maximum atomic E-state index is 5.18. The van der Waals surface area contributed by atoms with Crippen molar-refractivity contribution < 1.29 is 0 Å². The van der Waals surface area contributed by atoms with Crippen LogP contribution in [0.15, 0.2) is 238 Å². The average molecular weight is 1080 g/mol. The van der Waals surface area contributed by atoms with Crippen molar-refractivity contribution in [1.82, 2.24) is 15.0 Å². The molecule has 1 aliphatic rings. The van der Waals surface area contributed by atoms with Crippen molar-refractivity contribution in [3.63, 3.8) is 0 Å². The lowest BCUT2D eigenvalue weighted by atomic mass is 9.66. The van der Waals surface area contributed by atoms with E-state index >= 15 is 0 Å². The number of benzene rings is 7. The van der Waals surface area contributed by atoms with Gasteiger partial charge in [-0.05, 0) is 136 Å². The van der Waals surface area contributed by atoms with Crippen LogP contribution in [0.4, 0.5) is 0 Å². The maximum Gasteiger partial charge on any atom is 0.0709 e. The van der Waals surface area contributed by atoms with Crippen LogP contribution in [0, 0.1) is 0 Å². The molecular formula is C63H46Br3N3. The van der Waals surface area contributed by atoms with E-state index in [1.807, 2.05) is 12.1 Å². The molecule has 7 aromatic carbocycles. The van der Waals surface area contributed by atoms with Crippen molar-refractivity contribution >= 4 is 47.8 Å². The van der Waals surface area contributed by atoms with E-state index in [1.54, 1.807) is 0 Å². The summed E-state index contributed by atoms with van der Waals surface area (Å²) < 4.78 is 3.12. The molecule has 0 radical (unpaired) electrons. The van der Waals surface area contributed by atoms with Gasteiger partial charge in [0.05, 0.1) is 17.1 Å². The van der Waals surface area contributed by atoms with Crippen molar-refractivity contribution in [3.05, 3.63) is 255 Å². The molecule has 11 rings (SSSR count). The Kier molecular flexibility index (Phi) is 13.1. The largest absolute Gasteiger partial charge is 0.256 e. The minimum Gasteiger partial charge on any atom is -0.256 e. The fourth-order valence-corrected chi connectivity index (χ4v) is 11.7. The minimum absolute atomic E-state index is 0.244. The Balaban J connectivity index is 1.02. The molecule has 1 aliphatic carbocycles. The summed E-state index contributed by atoms with van der Waals surface area (Å²) in [5.41, 5.74) is 19.6. The number of halogens is 3. The predicted octanol–water partition coefficient (Wildman–Crippen LogP) is 18.7. The minimum atomic E-state index is 0.244. The SMILES string of the molecule is Brc1cccc(-c2ccc(-c3ccccc3C3CC(c4ccccc4-c4ccc(-c5cccc(Br)c5)nc4)CC(c4ccccc4-c4cnc(-c5cccc(Br)c5)cc4-c4ccccc4)C3)cn2)c1. The molecule has 0 N–H and O–H groups in total. The van der Waals surface area contributed by atoms with Gasteiger partial charge in [-0.1, -0.05) is 199 Å². The molecule has 1 saturated carbocycles. The zero-order chi connectivity index (χ0) is 46.7. The predicted molar refractivity (Wildman–Crippen MR) is 296 cm³/mol. The summed E-state index contributed by atoms with van der Waals surface area (Å²) in [6.07, 6.45) is 9.23. The van der Waals surface area contributed by atoms with E-state index in [9.17, 15) is 0 Å². The Labute approximate surface area is 429 Å². The first-order valence-corrected chi connectivity index (χ1v) is 25.8. The first kappa shape index (κ1) is 44.9. The topological polar surface area (TPSA) is 38.7 Å². The number of rotatable bonds is 10. The summed E-state index contributed by atoms with van der Waals surface area (Å²) in [5.74, 6) is 0.769. The van der Waals surface area contributed by atoms with Crippen LogP contribution in [0.3, 0.4) is 0 Å². The molecule has 0 spiro atoms. The number of nitrogens with zero attached hydrogens (tertiary/aromatic N) is 3. The average Bonchev–Trinajstić information content (AvgIpc) is 3.41.